The van der Waals surface area contributed by atoms with Gasteiger partial charge in [-0.05, 0) is 5.56 Å². The van der Waals surface area contributed by atoms with E-state index in [-0.39, 0.29) is 5.76 Å². The fourth-order valence-electron chi connectivity index (χ4n) is 2.02. The number of hydrogen-bond donors (Lipinski definition) is 0. The van der Waals surface area contributed by atoms with Crippen molar-refractivity contribution in [3.8, 4) is 0 Å². The molecule has 1 aromatic carbocycles. The quantitative estimate of drug-likeness (QED) is 0.564. The van der Waals surface area contributed by atoms with Crippen LogP contribution in [0.4, 0.5) is 0 Å². The van der Waals surface area contributed by atoms with Gasteiger partial charge in [0.15, 0.2) is 0 Å². The monoisotopic (exact) mass is 233 g/mol. The van der Waals surface area contributed by atoms with Crippen LogP contribution in [0, 0.1) is 0 Å². The van der Waals surface area contributed by atoms with E-state index in [1.54, 1.807) is 0 Å². The molecular formula is C14H21OSi-. The van der Waals surface area contributed by atoms with E-state index in [1.165, 1.54) is 18.1 Å². The molecule has 0 aromatic heterocycles. The SMILES string of the molecule is CC[Si](/C=C(\[O-])c1ccccc1)(CC)CC. The first-order valence-electron chi connectivity index (χ1n) is 6.12. The lowest BCUT2D eigenvalue weighted by Crippen LogP contribution is -2.30. The molecule has 0 aliphatic rings. The summed E-state index contributed by atoms with van der Waals surface area (Å²) in [6.07, 6.45) is 0. The molecule has 0 bridgehead atoms. The van der Waals surface area contributed by atoms with E-state index < -0.39 is 8.07 Å². The van der Waals surface area contributed by atoms with Gasteiger partial charge >= 0.3 is 0 Å². The van der Waals surface area contributed by atoms with Gasteiger partial charge in [-0.2, -0.15) is 0 Å². The summed E-state index contributed by atoms with van der Waals surface area (Å²) in [5.74, 6) is 0.220. The zero-order valence-corrected chi connectivity index (χ0v) is 11.5. The molecule has 2 heteroatoms. The van der Waals surface area contributed by atoms with Crippen LogP contribution in [0.1, 0.15) is 26.3 Å². The van der Waals surface area contributed by atoms with Gasteiger partial charge in [-0.25, -0.2) is 0 Å². The lowest BCUT2D eigenvalue weighted by molar-refractivity contribution is -0.243. The predicted molar refractivity (Wildman–Crippen MR) is 71.6 cm³/mol. The van der Waals surface area contributed by atoms with Crippen LogP contribution in [0.5, 0.6) is 0 Å². The van der Waals surface area contributed by atoms with Crippen LogP contribution in [0.15, 0.2) is 36.0 Å². The Bertz CT molecular complexity index is 331. The van der Waals surface area contributed by atoms with Gasteiger partial charge in [0.1, 0.15) is 0 Å². The molecule has 0 saturated heterocycles. The Balaban J connectivity index is 2.99. The molecule has 1 rings (SSSR count). The van der Waals surface area contributed by atoms with Crippen LogP contribution in [0.3, 0.4) is 0 Å². The Morgan fingerprint density at radius 3 is 2.00 bits per heavy atom. The normalized spacial score (nSPS) is 12.8. The van der Waals surface area contributed by atoms with Gasteiger partial charge in [0.25, 0.3) is 0 Å². The molecule has 16 heavy (non-hydrogen) atoms. The van der Waals surface area contributed by atoms with Crippen molar-refractivity contribution in [1.82, 2.24) is 0 Å². The largest absolute Gasteiger partial charge is 0.873 e. The molecule has 0 aliphatic heterocycles. The maximum Gasteiger partial charge on any atom is 0.0762 e. The fourth-order valence-corrected chi connectivity index (χ4v) is 4.86. The molecule has 0 atom stereocenters. The van der Waals surface area contributed by atoms with Crippen molar-refractivity contribution in [3.63, 3.8) is 0 Å². The Kier molecular flexibility index (Phi) is 4.81. The molecule has 1 aromatic rings. The molecule has 88 valence electrons. The Morgan fingerprint density at radius 1 is 1.06 bits per heavy atom. The minimum absolute atomic E-state index is 0.220. The Labute approximate surface area is 99.8 Å². The van der Waals surface area contributed by atoms with E-state index in [2.05, 4.69) is 26.5 Å². The van der Waals surface area contributed by atoms with Gasteiger partial charge < -0.3 is 5.11 Å². The minimum atomic E-state index is -1.44. The Morgan fingerprint density at radius 2 is 1.56 bits per heavy atom. The number of hydrogen-bond acceptors (Lipinski definition) is 1. The van der Waals surface area contributed by atoms with E-state index in [1.807, 2.05) is 30.3 Å². The highest BCUT2D eigenvalue weighted by Gasteiger charge is 2.23. The summed E-state index contributed by atoms with van der Waals surface area (Å²) < 4.78 is 0. The second kappa shape index (κ2) is 5.90. The standard InChI is InChI=1S/C14H22OSi/c1-4-16(5-2,6-3)12-14(15)13-10-8-7-9-11-13/h7-12,15H,4-6H2,1-3H3/p-1/b14-12-. The van der Waals surface area contributed by atoms with Crippen molar-refractivity contribution in [2.45, 2.75) is 38.9 Å². The van der Waals surface area contributed by atoms with E-state index in [0.29, 0.717) is 0 Å². The van der Waals surface area contributed by atoms with Crippen LogP contribution in [0.2, 0.25) is 18.1 Å². The minimum Gasteiger partial charge on any atom is -0.873 e. The molecular weight excluding hydrogens is 212 g/mol. The lowest BCUT2D eigenvalue weighted by atomic mass is 10.2. The molecule has 0 saturated carbocycles. The molecule has 0 spiro atoms. The van der Waals surface area contributed by atoms with E-state index in [4.69, 9.17) is 0 Å². The van der Waals surface area contributed by atoms with E-state index >= 15 is 0 Å². The predicted octanol–water partition coefficient (Wildman–Crippen LogP) is 3.44. The number of benzene rings is 1. The van der Waals surface area contributed by atoms with E-state index in [0.717, 1.165) is 5.56 Å². The van der Waals surface area contributed by atoms with Gasteiger partial charge in [-0.3, -0.25) is 0 Å². The highest BCUT2D eigenvalue weighted by Crippen LogP contribution is 2.24. The lowest BCUT2D eigenvalue weighted by Gasteiger charge is -2.27. The maximum atomic E-state index is 12.1. The third kappa shape index (κ3) is 2.98. The molecule has 0 unspecified atom stereocenters. The van der Waals surface area contributed by atoms with Crippen LogP contribution in [-0.4, -0.2) is 8.07 Å². The van der Waals surface area contributed by atoms with Crippen LogP contribution < -0.4 is 5.11 Å². The highest BCUT2D eigenvalue weighted by atomic mass is 28.3. The zero-order chi connectivity index (χ0) is 12.0. The number of rotatable bonds is 5. The molecule has 0 fully saturated rings. The maximum absolute atomic E-state index is 12.1. The molecule has 1 nitrogen and oxygen atoms in total. The van der Waals surface area contributed by atoms with Gasteiger partial charge in [0.05, 0.1) is 8.07 Å². The topological polar surface area (TPSA) is 23.1 Å². The van der Waals surface area contributed by atoms with Crippen molar-refractivity contribution >= 4 is 13.8 Å². The Hall–Kier alpha value is -1.02. The van der Waals surface area contributed by atoms with Crippen molar-refractivity contribution in [3.05, 3.63) is 41.6 Å². The highest BCUT2D eigenvalue weighted by molar-refractivity contribution is 6.85. The first-order chi connectivity index (χ1) is 7.67. The van der Waals surface area contributed by atoms with Crippen LogP contribution >= 0.6 is 0 Å². The van der Waals surface area contributed by atoms with Crippen molar-refractivity contribution in [2.75, 3.05) is 0 Å². The summed E-state index contributed by atoms with van der Waals surface area (Å²) >= 11 is 0. The third-order valence-electron chi connectivity index (χ3n) is 3.61. The summed E-state index contributed by atoms with van der Waals surface area (Å²) in [5, 5.41) is 12.1. The van der Waals surface area contributed by atoms with Gasteiger partial charge in [-0.15, -0.1) is 11.5 Å². The first-order valence-corrected chi connectivity index (χ1v) is 8.82. The van der Waals surface area contributed by atoms with Crippen molar-refractivity contribution in [1.29, 1.82) is 0 Å². The second-order valence-corrected chi connectivity index (χ2v) is 9.43. The summed E-state index contributed by atoms with van der Waals surface area (Å²) in [6, 6.07) is 13.1. The smallest absolute Gasteiger partial charge is 0.0762 e. The second-order valence-electron chi connectivity index (χ2n) is 4.30. The first kappa shape index (κ1) is 13.0. The summed E-state index contributed by atoms with van der Waals surface area (Å²) in [6.45, 7) is 6.65. The molecule has 0 radical (unpaired) electrons. The average molecular weight is 233 g/mol. The van der Waals surface area contributed by atoms with Gasteiger partial charge in [0.2, 0.25) is 0 Å². The van der Waals surface area contributed by atoms with E-state index in [9.17, 15) is 5.11 Å². The van der Waals surface area contributed by atoms with Crippen molar-refractivity contribution in [2.24, 2.45) is 0 Å². The molecule has 0 aliphatic carbocycles. The zero-order valence-electron chi connectivity index (χ0n) is 10.5. The molecule has 0 N–H and O–H groups in total. The van der Waals surface area contributed by atoms with Gasteiger partial charge in [0, 0.05) is 0 Å². The molecule has 0 heterocycles. The fraction of sp³-hybridized carbons (Fsp3) is 0.429. The molecule has 0 amide bonds. The van der Waals surface area contributed by atoms with Crippen LogP contribution in [-0.2, 0) is 0 Å². The summed E-state index contributed by atoms with van der Waals surface area (Å²) in [4.78, 5) is 0. The third-order valence-corrected chi connectivity index (χ3v) is 8.71. The average Bonchev–Trinajstić information content (AvgIpc) is 2.37. The summed E-state index contributed by atoms with van der Waals surface area (Å²) in [7, 11) is -1.44. The van der Waals surface area contributed by atoms with Gasteiger partial charge in [-0.1, -0.05) is 69.2 Å². The van der Waals surface area contributed by atoms with Crippen LogP contribution in [0.25, 0.3) is 5.76 Å². The summed E-state index contributed by atoms with van der Waals surface area (Å²) in [5.41, 5.74) is 2.89. The van der Waals surface area contributed by atoms with Crippen molar-refractivity contribution < 1.29 is 5.11 Å².